The van der Waals surface area contributed by atoms with Crippen LogP contribution in [0.15, 0.2) is 126 Å². The quantitative estimate of drug-likeness (QED) is 0.121. The van der Waals surface area contributed by atoms with E-state index >= 15 is 0 Å². The van der Waals surface area contributed by atoms with Gasteiger partial charge in [0.2, 0.25) is 0 Å². The summed E-state index contributed by atoms with van der Waals surface area (Å²) in [5, 5.41) is 0. The zero-order chi connectivity index (χ0) is 30.9. The van der Waals surface area contributed by atoms with Crippen molar-refractivity contribution in [3.63, 3.8) is 0 Å². The van der Waals surface area contributed by atoms with E-state index in [9.17, 15) is 0 Å². The number of benzene rings is 5. The molecule has 0 bridgehead atoms. The van der Waals surface area contributed by atoms with Crippen molar-refractivity contribution < 1.29 is 0 Å². The van der Waals surface area contributed by atoms with Gasteiger partial charge in [-0.2, -0.15) is 0 Å². The topological polar surface area (TPSA) is 18.8 Å². The molecule has 0 amide bonds. The zero-order valence-electron chi connectivity index (χ0n) is 26.9. The lowest BCUT2D eigenvalue weighted by molar-refractivity contribution is 0.293. The number of aliphatic imine (C=N–C) groups is 1. The van der Waals surface area contributed by atoms with Gasteiger partial charge in [0.15, 0.2) is 5.96 Å². The third kappa shape index (κ3) is 8.94. The molecular weight excluding hydrogens is 534 g/mol. The van der Waals surface area contributed by atoms with Crippen LogP contribution in [-0.4, -0.2) is 15.8 Å². The average molecular weight is 580 g/mol. The van der Waals surface area contributed by atoms with Gasteiger partial charge < -0.3 is 9.80 Å². The van der Waals surface area contributed by atoms with Crippen LogP contribution in [0.4, 0.5) is 0 Å². The summed E-state index contributed by atoms with van der Waals surface area (Å²) < 4.78 is 0. The van der Waals surface area contributed by atoms with Gasteiger partial charge in [-0.05, 0) is 62.4 Å². The molecule has 5 aromatic carbocycles. The van der Waals surface area contributed by atoms with Gasteiger partial charge in [0.05, 0.1) is 6.54 Å². The Bertz CT molecular complexity index is 1430. The van der Waals surface area contributed by atoms with Crippen LogP contribution < -0.4 is 0 Å². The molecule has 0 heterocycles. The predicted octanol–water partition coefficient (Wildman–Crippen LogP) is 9.49. The zero-order valence-corrected chi connectivity index (χ0v) is 26.9. The number of guanidine groups is 1. The Balaban J connectivity index is 1.60. The van der Waals surface area contributed by atoms with Gasteiger partial charge in [0.25, 0.3) is 0 Å². The van der Waals surface area contributed by atoms with Gasteiger partial charge in [-0.3, -0.25) is 0 Å². The molecule has 5 aromatic rings. The Morgan fingerprint density at radius 2 is 0.591 bits per heavy atom. The first-order valence-electron chi connectivity index (χ1n) is 15.6. The molecule has 0 N–H and O–H groups in total. The van der Waals surface area contributed by atoms with Crippen LogP contribution in [0.25, 0.3) is 0 Å². The first-order valence-corrected chi connectivity index (χ1v) is 15.6. The summed E-state index contributed by atoms with van der Waals surface area (Å²) in [5.41, 5.74) is 12.7. The third-order valence-corrected chi connectivity index (χ3v) is 8.07. The summed E-state index contributed by atoms with van der Waals surface area (Å²) in [6, 6.07) is 44.4. The second kappa shape index (κ2) is 14.7. The lowest BCUT2D eigenvalue weighted by Crippen LogP contribution is -2.43. The SMILES string of the molecule is Cc1ccc(CN=C(N(Cc2ccc(C)cc2)Cc2ccc(C)cc2)N(Cc2ccc(C)cc2)Cc2ccc(C)cc2)cc1. The van der Waals surface area contributed by atoms with Crippen molar-refractivity contribution in [2.75, 3.05) is 0 Å². The Morgan fingerprint density at radius 1 is 0.364 bits per heavy atom. The van der Waals surface area contributed by atoms with E-state index in [1.165, 1.54) is 55.6 Å². The highest BCUT2D eigenvalue weighted by atomic mass is 15.4. The fourth-order valence-corrected chi connectivity index (χ4v) is 5.31. The van der Waals surface area contributed by atoms with Crippen molar-refractivity contribution >= 4 is 5.96 Å². The highest BCUT2D eigenvalue weighted by molar-refractivity contribution is 5.80. The Morgan fingerprint density at radius 3 is 0.841 bits per heavy atom. The van der Waals surface area contributed by atoms with E-state index in [-0.39, 0.29) is 0 Å². The second-order valence-corrected chi connectivity index (χ2v) is 12.3. The van der Waals surface area contributed by atoms with Crippen LogP contribution in [0.2, 0.25) is 0 Å². The maximum Gasteiger partial charge on any atom is 0.198 e. The summed E-state index contributed by atoms with van der Waals surface area (Å²) >= 11 is 0. The fourth-order valence-electron chi connectivity index (χ4n) is 5.31. The van der Waals surface area contributed by atoms with Crippen LogP contribution in [0.1, 0.15) is 55.6 Å². The van der Waals surface area contributed by atoms with Crippen LogP contribution in [0.5, 0.6) is 0 Å². The molecule has 5 rings (SSSR count). The van der Waals surface area contributed by atoms with Gasteiger partial charge in [0.1, 0.15) is 0 Å². The standard InChI is InChI=1S/C41H45N3/c1-31-6-16-36(17-7-31)26-42-41(43(27-37-18-8-32(2)9-19-37)28-38-20-10-33(3)11-21-38)44(29-39-22-12-34(4)13-23-39)30-40-24-14-35(5)15-25-40/h6-25H,26-30H2,1-5H3. The minimum Gasteiger partial charge on any atom is -0.334 e. The average Bonchev–Trinajstić information content (AvgIpc) is 3.02. The summed E-state index contributed by atoms with van der Waals surface area (Å²) in [6.07, 6.45) is 0. The molecule has 0 radical (unpaired) electrons. The van der Waals surface area contributed by atoms with Gasteiger partial charge in [-0.25, -0.2) is 4.99 Å². The monoisotopic (exact) mass is 579 g/mol. The van der Waals surface area contributed by atoms with E-state index in [4.69, 9.17) is 4.99 Å². The molecule has 0 spiro atoms. The molecule has 0 atom stereocenters. The fraction of sp³-hybridized carbons (Fsp3) is 0.244. The molecule has 224 valence electrons. The molecule has 0 aliphatic rings. The molecular formula is C41H45N3. The van der Waals surface area contributed by atoms with Crippen molar-refractivity contribution in [3.8, 4) is 0 Å². The molecule has 0 aromatic heterocycles. The molecule has 44 heavy (non-hydrogen) atoms. The molecule has 0 saturated carbocycles. The number of nitrogens with zero attached hydrogens (tertiary/aromatic N) is 3. The maximum atomic E-state index is 5.45. The number of hydrogen-bond donors (Lipinski definition) is 0. The van der Waals surface area contributed by atoms with Gasteiger partial charge in [0, 0.05) is 26.2 Å². The molecule has 0 aliphatic heterocycles. The summed E-state index contributed by atoms with van der Waals surface area (Å²) in [7, 11) is 0. The minimum absolute atomic E-state index is 0.617. The summed E-state index contributed by atoms with van der Waals surface area (Å²) in [4.78, 5) is 10.4. The van der Waals surface area contributed by atoms with Crippen LogP contribution >= 0.6 is 0 Å². The molecule has 3 nitrogen and oxygen atoms in total. The smallest absolute Gasteiger partial charge is 0.198 e. The lowest BCUT2D eigenvalue weighted by atomic mass is 10.1. The largest absolute Gasteiger partial charge is 0.334 e. The van der Waals surface area contributed by atoms with Crippen molar-refractivity contribution in [1.82, 2.24) is 9.80 Å². The molecule has 0 saturated heterocycles. The van der Waals surface area contributed by atoms with Crippen LogP contribution in [0, 0.1) is 34.6 Å². The lowest BCUT2D eigenvalue weighted by Gasteiger charge is -2.35. The first kappa shape index (κ1) is 30.8. The van der Waals surface area contributed by atoms with Crippen molar-refractivity contribution in [1.29, 1.82) is 0 Å². The maximum absolute atomic E-state index is 5.45. The van der Waals surface area contributed by atoms with Gasteiger partial charge in [-0.15, -0.1) is 0 Å². The van der Waals surface area contributed by atoms with Gasteiger partial charge in [-0.1, -0.05) is 149 Å². The molecule has 0 aliphatic carbocycles. The highest BCUT2D eigenvalue weighted by Gasteiger charge is 2.21. The first-order chi connectivity index (χ1) is 21.3. The summed E-state index contributed by atoms with van der Waals surface area (Å²) in [5.74, 6) is 1.01. The summed E-state index contributed by atoms with van der Waals surface area (Å²) in [6.45, 7) is 14.4. The van der Waals surface area contributed by atoms with E-state index in [0.29, 0.717) is 6.54 Å². The number of hydrogen-bond acceptors (Lipinski definition) is 1. The predicted molar refractivity (Wildman–Crippen MR) is 186 cm³/mol. The van der Waals surface area contributed by atoms with E-state index in [1.807, 2.05) is 0 Å². The van der Waals surface area contributed by atoms with Crippen LogP contribution in [0.3, 0.4) is 0 Å². The minimum atomic E-state index is 0.617. The highest BCUT2D eigenvalue weighted by Crippen LogP contribution is 2.20. The van der Waals surface area contributed by atoms with E-state index < -0.39 is 0 Å². The third-order valence-electron chi connectivity index (χ3n) is 8.07. The Hall–Kier alpha value is -4.63. The second-order valence-electron chi connectivity index (χ2n) is 12.3. The van der Waals surface area contributed by atoms with Crippen molar-refractivity contribution in [2.45, 2.75) is 67.3 Å². The number of rotatable bonds is 10. The normalized spacial score (nSPS) is 10.8. The number of aryl methyl sites for hydroxylation is 5. The van der Waals surface area contributed by atoms with E-state index in [0.717, 1.165) is 32.1 Å². The molecule has 0 fully saturated rings. The van der Waals surface area contributed by atoms with Gasteiger partial charge >= 0.3 is 0 Å². The molecule has 3 heteroatoms. The van der Waals surface area contributed by atoms with E-state index in [1.54, 1.807) is 0 Å². The van der Waals surface area contributed by atoms with Crippen molar-refractivity contribution in [3.05, 3.63) is 177 Å². The Labute approximate surface area is 264 Å². The van der Waals surface area contributed by atoms with E-state index in [2.05, 4.69) is 166 Å². The van der Waals surface area contributed by atoms with Crippen molar-refractivity contribution in [2.24, 2.45) is 4.99 Å². The molecule has 0 unspecified atom stereocenters. The van der Waals surface area contributed by atoms with Crippen LogP contribution in [-0.2, 0) is 32.7 Å². The Kier molecular flexibility index (Phi) is 10.3.